The van der Waals surface area contributed by atoms with Crippen LogP contribution in [-0.2, 0) is 22.4 Å². The van der Waals surface area contributed by atoms with E-state index in [-0.39, 0.29) is 18.1 Å². The van der Waals surface area contributed by atoms with E-state index in [9.17, 15) is 9.59 Å². The predicted molar refractivity (Wildman–Crippen MR) is 116 cm³/mol. The lowest BCUT2D eigenvalue weighted by atomic mass is 9.99. The van der Waals surface area contributed by atoms with Gasteiger partial charge in [-0.1, -0.05) is 6.07 Å². The summed E-state index contributed by atoms with van der Waals surface area (Å²) < 4.78 is 5.41. The fourth-order valence-corrected chi connectivity index (χ4v) is 4.32. The maximum atomic E-state index is 12.4. The fourth-order valence-electron chi connectivity index (χ4n) is 4.32. The van der Waals surface area contributed by atoms with Crippen LogP contribution in [-0.4, -0.2) is 46.4 Å². The van der Waals surface area contributed by atoms with Crippen molar-refractivity contribution in [2.75, 3.05) is 18.0 Å². The maximum Gasteiger partial charge on any atom is 0.414 e. The van der Waals surface area contributed by atoms with Crippen LogP contribution in [0.5, 0.6) is 0 Å². The number of rotatable bonds is 4. The van der Waals surface area contributed by atoms with Crippen molar-refractivity contribution in [1.82, 2.24) is 20.5 Å². The summed E-state index contributed by atoms with van der Waals surface area (Å²) in [7, 11) is 0. The van der Waals surface area contributed by atoms with E-state index in [4.69, 9.17) is 4.74 Å². The molecule has 0 spiro atoms. The topological polar surface area (TPSA) is 100 Å². The highest BCUT2D eigenvalue weighted by atomic mass is 16.6. The number of aryl methyl sites for hydroxylation is 1. The largest absolute Gasteiger partial charge is 0.442 e. The molecule has 1 saturated heterocycles. The van der Waals surface area contributed by atoms with Gasteiger partial charge in [-0.3, -0.25) is 19.8 Å². The first kappa shape index (κ1) is 19.3. The van der Waals surface area contributed by atoms with Crippen LogP contribution in [0.3, 0.4) is 0 Å². The molecular weight excluding hydrogens is 394 g/mol. The van der Waals surface area contributed by atoms with Crippen molar-refractivity contribution < 1.29 is 14.3 Å². The van der Waals surface area contributed by atoms with Crippen molar-refractivity contribution in [3.8, 4) is 22.5 Å². The number of carbonyl (C=O) groups is 2. The molecule has 31 heavy (non-hydrogen) atoms. The number of pyridine rings is 1. The van der Waals surface area contributed by atoms with Crippen LogP contribution >= 0.6 is 0 Å². The summed E-state index contributed by atoms with van der Waals surface area (Å²) in [5.41, 5.74) is 7.29. The minimum absolute atomic E-state index is 0.138. The average molecular weight is 417 g/mol. The van der Waals surface area contributed by atoms with Gasteiger partial charge >= 0.3 is 6.09 Å². The van der Waals surface area contributed by atoms with E-state index < -0.39 is 0 Å². The van der Waals surface area contributed by atoms with Gasteiger partial charge in [0.2, 0.25) is 5.91 Å². The van der Waals surface area contributed by atoms with Crippen LogP contribution in [0.15, 0.2) is 42.7 Å². The average Bonchev–Trinajstić information content (AvgIpc) is 3.31. The molecule has 2 aliphatic rings. The van der Waals surface area contributed by atoms with Crippen molar-refractivity contribution in [3.63, 3.8) is 0 Å². The Kier molecular flexibility index (Phi) is 4.89. The molecule has 3 aromatic rings. The molecule has 3 heterocycles. The second kappa shape index (κ2) is 7.86. The first-order valence-corrected chi connectivity index (χ1v) is 10.4. The van der Waals surface area contributed by atoms with Gasteiger partial charge in [-0.15, -0.1) is 0 Å². The van der Waals surface area contributed by atoms with Crippen molar-refractivity contribution in [2.24, 2.45) is 0 Å². The fraction of sp³-hybridized carbons (Fsp3) is 0.304. The molecule has 158 valence electrons. The zero-order valence-electron chi connectivity index (χ0n) is 17.2. The quantitative estimate of drug-likeness (QED) is 0.680. The third kappa shape index (κ3) is 3.65. The van der Waals surface area contributed by atoms with Crippen LogP contribution in [0.4, 0.5) is 10.5 Å². The van der Waals surface area contributed by atoms with Gasteiger partial charge in [0.05, 0.1) is 24.5 Å². The summed E-state index contributed by atoms with van der Waals surface area (Å²) in [5, 5.41) is 10.5. The van der Waals surface area contributed by atoms with Crippen LogP contribution in [0.1, 0.15) is 24.5 Å². The summed E-state index contributed by atoms with van der Waals surface area (Å²) in [6.45, 7) is 2.18. The van der Waals surface area contributed by atoms with Gasteiger partial charge in [0, 0.05) is 41.7 Å². The number of benzene rings is 1. The lowest BCUT2D eigenvalue weighted by Crippen LogP contribution is -2.33. The number of aromatic amines is 1. The van der Waals surface area contributed by atoms with Gasteiger partial charge in [0.25, 0.3) is 0 Å². The molecule has 8 nitrogen and oxygen atoms in total. The van der Waals surface area contributed by atoms with E-state index in [0.29, 0.717) is 13.1 Å². The Bertz CT molecular complexity index is 1140. The smallest absolute Gasteiger partial charge is 0.414 e. The SMILES string of the molecule is CC(=O)NC[C@H]1CN(c2ccc3c(c2)CCCc2c(-c4cccnc4)n[nH]c2-3)C(=O)O1. The molecule has 8 heteroatoms. The van der Waals surface area contributed by atoms with E-state index in [2.05, 4.69) is 32.6 Å². The van der Waals surface area contributed by atoms with Crippen LogP contribution in [0.25, 0.3) is 22.5 Å². The number of amides is 2. The van der Waals surface area contributed by atoms with Gasteiger partial charge in [-0.05, 0) is 49.1 Å². The molecule has 1 aliphatic heterocycles. The van der Waals surface area contributed by atoms with Gasteiger partial charge < -0.3 is 10.1 Å². The Labute approximate surface area is 179 Å². The molecule has 0 bridgehead atoms. The molecule has 0 radical (unpaired) electrons. The highest BCUT2D eigenvalue weighted by Crippen LogP contribution is 2.38. The normalized spacial score (nSPS) is 17.5. The first-order valence-electron chi connectivity index (χ1n) is 10.4. The summed E-state index contributed by atoms with van der Waals surface area (Å²) in [4.78, 5) is 29.4. The van der Waals surface area contributed by atoms with E-state index in [1.54, 1.807) is 11.1 Å². The Morgan fingerprint density at radius 1 is 1.32 bits per heavy atom. The lowest BCUT2D eigenvalue weighted by molar-refractivity contribution is -0.119. The summed E-state index contributed by atoms with van der Waals surface area (Å²) in [6.07, 6.45) is 5.69. The molecular formula is C23H23N5O3. The molecule has 1 aromatic carbocycles. The van der Waals surface area contributed by atoms with Crippen LogP contribution in [0, 0.1) is 0 Å². The summed E-state index contributed by atoms with van der Waals surface area (Å²) in [5.74, 6) is -0.138. The standard InChI is InChI=1S/C23H23N5O3/c1-14(29)25-12-18-13-28(23(30)31-18)17-7-8-19-15(10-17)4-2-6-20-21(26-27-22(19)20)16-5-3-9-24-11-16/h3,5,7-11,18H,2,4,6,12-13H2,1H3,(H,25,29)(H,26,27)/t18-/m0/s1. The molecule has 1 atom stereocenters. The summed E-state index contributed by atoms with van der Waals surface area (Å²) >= 11 is 0. The predicted octanol–water partition coefficient (Wildman–Crippen LogP) is 3.09. The highest BCUT2D eigenvalue weighted by Gasteiger charge is 2.33. The number of H-pyrrole nitrogens is 1. The van der Waals surface area contributed by atoms with Gasteiger partial charge in [0.15, 0.2) is 0 Å². The van der Waals surface area contributed by atoms with Crippen molar-refractivity contribution >= 4 is 17.7 Å². The monoisotopic (exact) mass is 417 g/mol. The molecule has 1 fully saturated rings. The number of aromatic nitrogens is 3. The zero-order chi connectivity index (χ0) is 21.4. The van der Waals surface area contributed by atoms with Crippen LogP contribution < -0.4 is 10.2 Å². The molecule has 2 aromatic heterocycles. The number of hydrogen-bond acceptors (Lipinski definition) is 5. The number of cyclic esters (lactones) is 1. The van der Waals surface area contributed by atoms with E-state index in [1.165, 1.54) is 18.1 Å². The maximum absolute atomic E-state index is 12.4. The minimum atomic E-state index is -0.384. The molecule has 0 unspecified atom stereocenters. The minimum Gasteiger partial charge on any atom is -0.442 e. The number of anilines is 1. The van der Waals surface area contributed by atoms with Crippen molar-refractivity contribution in [1.29, 1.82) is 0 Å². The Morgan fingerprint density at radius 3 is 3.03 bits per heavy atom. The molecule has 0 saturated carbocycles. The Morgan fingerprint density at radius 2 is 2.23 bits per heavy atom. The molecule has 2 N–H and O–H groups in total. The number of nitrogens with one attached hydrogen (secondary N) is 2. The van der Waals surface area contributed by atoms with E-state index >= 15 is 0 Å². The van der Waals surface area contributed by atoms with Crippen LogP contribution in [0.2, 0.25) is 0 Å². The Balaban J connectivity index is 1.43. The lowest BCUT2D eigenvalue weighted by Gasteiger charge is -2.16. The van der Waals surface area contributed by atoms with E-state index in [0.717, 1.165) is 47.5 Å². The van der Waals surface area contributed by atoms with Crippen molar-refractivity contribution in [3.05, 3.63) is 53.9 Å². The molecule has 2 amide bonds. The molecule has 5 rings (SSSR count). The van der Waals surface area contributed by atoms with E-state index in [1.807, 2.05) is 24.4 Å². The number of fused-ring (bicyclic) bond motifs is 3. The first-order chi connectivity index (χ1) is 15.1. The number of carbonyl (C=O) groups excluding carboxylic acids is 2. The third-order valence-corrected chi connectivity index (χ3v) is 5.80. The molecule has 1 aliphatic carbocycles. The van der Waals surface area contributed by atoms with Gasteiger partial charge in [-0.25, -0.2) is 4.79 Å². The second-order valence-electron chi connectivity index (χ2n) is 7.92. The number of ether oxygens (including phenoxy) is 1. The number of nitrogens with zero attached hydrogens (tertiary/aromatic N) is 3. The summed E-state index contributed by atoms with van der Waals surface area (Å²) in [6, 6.07) is 10.0. The Hall–Kier alpha value is -3.68. The zero-order valence-corrected chi connectivity index (χ0v) is 17.2. The second-order valence-corrected chi connectivity index (χ2v) is 7.92. The van der Waals surface area contributed by atoms with Gasteiger partial charge in [0.1, 0.15) is 6.10 Å². The number of hydrogen-bond donors (Lipinski definition) is 2. The van der Waals surface area contributed by atoms with Gasteiger partial charge in [-0.2, -0.15) is 5.10 Å². The third-order valence-electron chi connectivity index (χ3n) is 5.80. The highest BCUT2D eigenvalue weighted by molar-refractivity contribution is 5.91. The van der Waals surface area contributed by atoms with Crippen molar-refractivity contribution in [2.45, 2.75) is 32.3 Å².